The molecule has 2 atom stereocenters. The summed E-state index contributed by atoms with van der Waals surface area (Å²) in [5, 5.41) is 19.5. The van der Waals surface area contributed by atoms with Gasteiger partial charge < -0.3 is 26.0 Å². The molecule has 3 rings (SSSR count). The molecule has 31 heavy (non-hydrogen) atoms. The molecule has 2 unspecified atom stereocenters. The standard InChI is InChI=1S/C21H27N5O5/c1-2-9-25-16(24-19(29)14-7-5-13(6-8-14)18(22)23)11-26(21(31)20(25)30)15(10-17(27)28)12-3-4-12/h5-8,12,15-16H,2-4,9-11H2,1H3,(H3,22,23)(H,24,29)(H,27,28). The highest BCUT2D eigenvalue weighted by atomic mass is 16.4. The van der Waals surface area contributed by atoms with Gasteiger partial charge in [0.15, 0.2) is 0 Å². The minimum atomic E-state index is -1.03. The summed E-state index contributed by atoms with van der Waals surface area (Å²) >= 11 is 0. The Morgan fingerprint density at radius 3 is 2.32 bits per heavy atom. The number of nitrogens with one attached hydrogen (secondary N) is 2. The average Bonchev–Trinajstić information content (AvgIpc) is 3.57. The number of nitrogens with zero attached hydrogens (tertiary/aromatic N) is 2. The summed E-state index contributed by atoms with van der Waals surface area (Å²) in [6, 6.07) is 5.60. The van der Waals surface area contributed by atoms with Gasteiger partial charge in [0, 0.05) is 23.7 Å². The predicted octanol–water partition coefficient (Wildman–Crippen LogP) is 0.361. The molecule has 1 heterocycles. The number of nitrogens with two attached hydrogens (primary N) is 1. The Bertz CT molecular complexity index is 896. The third kappa shape index (κ3) is 5.01. The lowest BCUT2D eigenvalue weighted by Gasteiger charge is -2.43. The van der Waals surface area contributed by atoms with Crippen LogP contribution in [0.1, 0.15) is 48.5 Å². The molecular formula is C21H27N5O5. The van der Waals surface area contributed by atoms with Crippen molar-refractivity contribution in [3.05, 3.63) is 35.4 Å². The van der Waals surface area contributed by atoms with Crippen LogP contribution < -0.4 is 11.1 Å². The number of hydrogen-bond donors (Lipinski definition) is 4. The second kappa shape index (κ2) is 9.15. The number of carbonyl (C=O) groups is 4. The zero-order valence-electron chi connectivity index (χ0n) is 17.3. The fourth-order valence-corrected chi connectivity index (χ4v) is 3.89. The van der Waals surface area contributed by atoms with Crippen molar-refractivity contribution in [2.45, 2.75) is 44.8 Å². The highest BCUT2D eigenvalue weighted by Crippen LogP contribution is 2.38. The van der Waals surface area contributed by atoms with Crippen molar-refractivity contribution >= 4 is 29.5 Å². The Kier molecular flexibility index (Phi) is 6.57. The maximum atomic E-state index is 12.8. The van der Waals surface area contributed by atoms with Crippen molar-refractivity contribution in [1.29, 1.82) is 5.41 Å². The summed E-state index contributed by atoms with van der Waals surface area (Å²) in [5.74, 6) is -2.98. The Labute approximate surface area is 179 Å². The Hall–Kier alpha value is -3.43. The van der Waals surface area contributed by atoms with E-state index in [4.69, 9.17) is 11.1 Å². The van der Waals surface area contributed by atoms with Crippen LogP contribution in [0.2, 0.25) is 0 Å². The first-order valence-electron chi connectivity index (χ1n) is 10.3. The lowest BCUT2D eigenvalue weighted by molar-refractivity contribution is -0.163. The van der Waals surface area contributed by atoms with Crippen molar-refractivity contribution in [2.24, 2.45) is 11.7 Å². The number of carboxylic acid groups (broad SMARTS) is 1. The zero-order valence-corrected chi connectivity index (χ0v) is 17.3. The van der Waals surface area contributed by atoms with Gasteiger partial charge in [-0.05, 0) is 37.3 Å². The van der Waals surface area contributed by atoms with E-state index in [0.717, 1.165) is 12.8 Å². The molecule has 1 aromatic carbocycles. The first-order chi connectivity index (χ1) is 14.7. The summed E-state index contributed by atoms with van der Waals surface area (Å²) in [5.41, 5.74) is 6.24. The summed E-state index contributed by atoms with van der Waals surface area (Å²) in [7, 11) is 0. The SMILES string of the molecule is CCCN1C(=O)C(=O)N(C(CC(=O)O)C2CC2)CC1NC(=O)c1ccc(C(=N)N)cc1. The fraction of sp³-hybridized carbons (Fsp3) is 0.476. The molecule has 1 saturated heterocycles. The number of piperazine rings is 1. The quantitative estimate of drug-likeness (QED) is 0.252. The second-order valence-corrected chi connectivity index (χ2v) is 7.94. The maximum Gasteiger partial charge on any atom is 0.313 e. The fourth-order valence-electron chi connectivity index (χ4n) is 3.89. The van der Waals surface area contributed by atoms with Gasteiger partial charge in [0.2, 0.25) is 0 Å². The van der Waals surface area contributed by atoms with E-state index in [1.165, 1.54) is 21.9 Å². The van der Waals surface area contributed by atoms with Crippen LogP contribution in [0.3, 0.4) is 0 Å². The third-order valence-electron chi connectivity index (χ3n) is 5.62. The van der Waals surface area contributed by atoms with Crippen molar-refractivity contribution in [3.8, 4) is 0 Å². The molecule has 1 aromatic rings. The average molecular weight is 429 g/mol. The van der Waals surface area contributed by atoms with Crippen molar-refractivity contribution in [2.75, 3.05) is 13.1 Å². The van der Waals surface area contributed by atoms with Gasteiger partial charge in [-0.15, -0.1) is 0 Å². The van der Waals surface area contributed by atoms with E-state index in [1.807, 2.05) is 6.92 Å². The number of amides is 3. The molecule has 10 heteroatoms. The zero-order chi connectivity index (χ0) is 22.7. The van der Waals surface area contributed by atoms with Gasteiger partial charge in [0.05, 0.1) is 13.0 Å². The van der Waals surface area contributed by atoms with Gasteiger partial charge in [-0.2, -0.15) is 0 Å². The van der Waals surface area contributed by atoms with Gasteiger partial charge in [-0.3, -0.25) is 24.6 Å². The normalized spacial score (nSPS) is 19.8. The van der Waals surface area contributed by atoms with Crippen LogP contribution in [-0.2, 0) is 14.4 Å². The number of carboxylic acids is 1. The van der Waals surface area contributed by atoms with Gasteiger partial charge in [0.1, 0.15) is 12.0 Å². The van der Waals surface area contributed by atoms with E-state index < -0.39 is 35.9 Å². The molecule has 0 aromatic heterocycles. The van der Waals surface area contributed by atoms with Gasteiger partial charge in [-0.25, -0.2) is 0 Å². The van der Waals surface area contributed by atoms with E-state index in [2.05, 4.69) is 5.32 Å². The van der Waals surface area contributed by atoms with E-state index in [0.29, 0.717) is 24.1 Å². The van der Waals surface area contributed by atoms with Crippen LogP contribution in [0, 0.1) is 11.3 Å². The minimum absolute atomic E-state index is 0.0380. The maximum absolute atomic E-state index is 12.8. The van der Waals surface area contributed by atoms with E-state index in [1.54, 1.807) is 12.1 Å². The van der Waals surface area contributed by atoms with Gasteiger partial charge in [0.25, 0.3) is 5.91 Å². The summed E-state index contributed by atoms with van der Waals surface area (Å²) in [4.78, 5) is 52.4. The Balaban J connectivity index is 1.81. The van der Waals surface area contributed by atoms with Crippen molar-refractivity contribution in [1.82, 2.24) is 15.1 Å². The van der Waals surface area contributed by atoms with Crippen LogP contribution in [0.25, 0.3) is 0 Å². The summed E-state index contributed by atoms with van der Waals surface area (Å²) in [6.07, 6.45) is 1.23. The number of rotatable bonds is 9. The van der Waals surface area contributed by atoms with Crippen LogP contribution in [0.4, 0.5) is 0 Å². The van der Waals surface area contributed by atoms with Gasteiger partial charge >= 0.3 is 17.8 Å². The number of nitrogen functional groups attached to an aromatic ring is 1. The van der Waals surface area contributed by atoms with Crippen molar-refractivity contribution < 1.29 is 24.3 Å². The lowest BCUT2D eigenvalue weighted by atomic mass is 10.0. The second-order valence-electron chi connectivity index (χ2n) is 7.94. The molecule has 1 aliphatic heterocycles. The molecule has 5 N–H and O–H groups in total. The minimum Gasteiger partial charge on any atom is -0.481 e. The number of amidine groups is 1. The van der Waals surface area contributed by atoms with Crippen LogP contribution >= 0.6 is 0 Å². The van der Waals surface area contributed by atoms with E-state index >= 15 is 0 Å². The summed E-state index contributed by atoms with van der Waals surface area (Å²) < 4.78 is 0. The molecule has 0 radical (unpaired) electrons. The molecular weight excluding hydrogens is 402 g/mol. The molecule has 2 fully saturated rings. The van der Waals surface area contributed by atoms with Crippen LogP contribution in [0.15, 0.2) is 24.3 Å². The van der Waals surface area contributed by atoms with Crippen LogP contribution in [0.5, 0.6) is 0 Å². The van der Waals surface area contributed by atoms with Crippen LogP contribution in [-0.4, -0.2) is 69.7 Å². The van der Waals surface area contributed by atoms with Gasteiger partial charge in [-0.1, -0.05) is 19.1 Å². The number of aliphatic carboxylic acids is 1. The number of hydrogen-bond acceptors (Lipinski definition) is 5. The molecule has 2 aliphatic rings. The summed E-state index contributed by atoms with van der Waals surface area (Å²) in [6.45, 7) is 2.19. The smallest absolute Gasteiger partial charge is 0.313 e. The molecule has 0 spiro atoms. The number of benzene rings is 1. The lowest BCUT2D eigenvalue weighted by Crippen LogP contribution is -2.67. The van der Waals surface area contributed by atoms with E-state index in [-0.39, 0.29) is 24.7 Å². The van der Waals surface area contributed by atoms with E-state index in [9.17, 15) is 24.3 Å². The highest BCUT2D eigenvalue weighted by Gasteiger charge is 2.46. The largest absolute Gasteiger partial charge is 0.481 e. The number of carbonyl (C=O) groups excluding carboxylic acids is 3. The Morgan fingerprint density at radius 1 is 1.19 bits per heavy atom. The third-order valence-corrected chi connectivity index (χ3v) is 5.62. The first kappa shape index (κ1) is 22.3. The predicted molar refractivity (Wildman–Crippen MR) is 111 cm³/mol. The topological polar surface area (TPSA) is 157 Å². The first-order valence-corrected chi connectivity index (χ1v) is 10.3. The highest BCUT2D eigenvalue weighted by molar-refractivity contribution is 6.35. The monoisotopic (exact) mass is 429 g/mol. The molecule has 3 amide bonds. The molecule has 1 aliphatic carbocycles. The Morgan fingerprint density at radius 2 is 1.81 bits per heavy atom. The van der Waals surface area contributed by atoms with Crippen molar-refractivity contribution in [3.63, 3.8) is 0 Å². The molecule has 10 nitrogen and oxygen atoms in total. The molecule has 0 bridgehead atoms. The molecule has 166 valence electrons. The molecule has 1 saturated carbocycles.